The summed E-state index contributed by atoms with van der Waals surface area (Å²) in [5.41, 5.74) is 2.16. The lowest BCUT2D eigenvalue weighted by molar-refractivity contribution is 0.102. The second-order valence-electron chi connectivity index (χ2n) is 6.07. The second-order valence-corrected chi connectivity index (χ2v) is 6.07. The van der Waals surface area contributed by atoms with Gasteiger partial charge in [-0.15, -0.1) is 0 Å². The molecule has 0 atom stereocenters. The predicted octanol–water partition coefficient (Wildman–Crippen LogP) is 4.46. The number of carbonyl (C=O) groups excluding carboxylic acids is 1. The fourth-order valence-corrected chi connectivity index (χ4v) is 3.10. The van der Waals surface area contributed by atoms with E-state index < -0.39 is 11.6 Å². The summed E-state index contributed by atoms with van der Waals surface area (Å²) in [4.78, 5) is 15.6. The lowest BCUT2D eigenvalue weighted by Crippen LogP contribution is -2.12. The molecule has 0 aliphatic heterocycles. The van der Waals surface area contributed by atoms with Gasteiger partial charge in [0.25, 0.3) is 5.91 Å². The minimum atomic E-state index is -0.962. The van der Waals surface area contributed by atoms with Gasteiger partial charge in [-0.1, -0.05) is 13.0 Å². The monoisotopic (exact) mass is 354 g/mol. The number of halogens is 2. The van der Waals surface area contributed by atoms with Gasteiger partial charge in [0.15, 0.2) is 11.6 Å². The van der Waals surface area contributed by atoms with Crippen LogP contribution in [0.25, 0.3) is 21.8 Å². The summed E-state index contributed by atoms with van der Waals surface area (Å²) < 4.78 is 28.7. The number of aromatic nitrogens is 3. The number of aryl methyl sites for hydroxylation is 1. The van der Waals surface area contributed by atoms with Gasteiger partial charge < -0.3 is 10.3 Å². The maximum absolute atomic E-state index is 13.5. The Hall–Kier alpha value is -3.22. The molecule has 4 aromatic rings. The Balaban J connectivity index is 1.71. The topological polar surface area (TPSA) is 62.7 Å². The van der Waals surface area contributed by atoms with Crippen LogP contribution < -0.4 is 5.32 Å². The van der Waals surface area contributed by atoms with Crippen molar-refractivity contribution in [2.75, 3.05) is 5.32 Å². The maximum atomic E-state index is 13.5. The molecule has 4 rings (SSSR count). The number of amides is 1. The van der Waals surface area contributed by atoms with Gasteiger partial charge in [0.05, 0.1) is 28.5 Å². The van der Waals surface area contributed by atoms with Gasteiger partial charge in [0.2, 0.25) is 0 Å². The van der Waals surface area contributed by atoms with Crippen molar-refractivity contribution >= 4 is 33.4 Å². The first kappa shape index (κ1) is 16.3. The molecular weight excluding hydrogens is 338 g/mol. The van der Waals surface area contributed by atoms with Crippen LogP contribution in [0.1, 0.15) is 23.7 Å². The summed E-state index contributed by atoms with van der Waals surface area (Å²) in [6.45, 7) is 2.82. The zero-order valence-electron chi connectivity index (χ0n) is 14.0. The van der Waals surface area contributed by atoms with Gasteiger partial charge in [-0.2, -0.15) is 5.10 Å². The van der Waals surface area contributed by atoms with E-state index in [1.54, 1.807) is 18.3 Å². The molecule has 7 heteroatoms. The first-order valence-corrected chi connectivity index (χ1v) is 8.30. The molecule has 0 aliphatic rings. The summed E-state index contributed by atoms with van der Waals surface area (Å²) in [5, 5.41) is 8.25. The molecule has 2 N–H and O–H groups in total. The van der Waals surface area contributed by atoms with E-state index in [9.17, 15) is 13.6 Å². The molecule has 0 spiro atoms. The Morgan fingerprint density at radius 3 is 2.85 bits per heavy atom. The molecule has 26 heavy (non-hydrogen) atoms. The third-order valence-electron chi connectivity index (χ3n) is 4.34. The Labute approximate surface area is 147 Å². The third kappa shape index (κ3) is 2.61. The van der Waals surface area contributed by atoms with E-state index in [2.05, 4.69) is 22.3 Å². The molecule has 0 bridgehead atoms. The average Bonchev–Trinajstić information content (AvgIpc) is 3.20. The first-order valence-electron chi connectivity index (χ1n) is 8.30. The number of nitrogens with zero attached hydrogens (tertiary/aromatic N) is 2. The van der Waals surface area contributed by atoms with Gasteiger partial charge in [0, 0.05) is 29.6 Å². The zero-order valence-corrected chi connectivity index (χ0v) is 14.0. The first-order chi connectivity index (χ1) is 12.6. The van der Waals surface area contributed by atoms with E-state index in [-0.39, 0.29) is 5.91 Å². The fourth-order valence-electron chi connectivity index (χ4n) is 3.10. The number of benzene rings is 2. The molecule has 0 saturated carbocycles. The van der Waals surface area contributed by atoms with Crippen molar-refractivity contribution in [3.63, 3.8) is 0 Å². The van der Waals surface area contributed by atoms with E-state index in [1.807, 2.05) is 10.7 Å². The van der Waals surface area contributed by atoms with E-state index in [1.165, 1.54) is 6.20 Å². The predicted molar refractivity (Wildman–Crippen MR) is 96.2 cm³/mol. The molecule has 0 aliphatic carbocycles. The Kier molecular flexibility index (Phi) is 3.91. The molecule has 2 aromatic carbocycles. The van der Waals surface area contributed by atoms with Crippen LogP contribution in [-0.4, -0.2) is 20.7 Å². The lowest BCUT2D eigenvalue weighted by atomic mass is 10.1. The van der Waals surface area contributed by atoms with Gasteiger partial charge in [-0.05, 0) is 24.6 Å². The van der Waals surface area contributed by atoms with Crippen LogP contribution in [0.3, 0.4) is 0 Å². The van der Waals surface area contributed by atoms with Crippen molar-refractivity contribution in [3.8, 4) is 0 Å². The highest BCUT2D eigenvalue weighted by molar-refractivity contribution is 6.14. The van der Waals surface area contributed by atoms with Gasteiger partial charge >= 0.3 is 0 Å². The number of hydrogen-bond donors (Lipinski definition) is 2. The van der Waals surface area contributed by atoms with Crippen molar-refractivity contribution < 1.29 is 13.6 Å². The van der Waals surface area contributed by atoms with Crippen molar-refractivity contribution in [1.29, 1.82) is 0 Å². The van der Waals surface area contributed by atoms with Crippen LogP contribution in [0.15, 0.2) is 42.7 Å². The highest BCUT2D eigenvalue weighted by atomic mass is 19.2. The van der Waals surface area contributed by atoms with Crippen LogP contribution >= 0.6 is 0 Å². The highest BCUT2D eigenvalue weighted by Crippen LogP contribution is 2.27. The van der Waals surface area contributed by atoms with Gasteiger partial charge in [0.1, 0.15) is 0 Å². The van der Waals surface area contributed by atoms with Gasteiger partial charge in [-0.3, -0.25) is 9.48 Å². The number of carbonyl (C=O) groups is 1. The van der Waals surface area contributed by atoms with Crippen molar-refractivity contribution in [3.05, 3.63) is 59.9 Å². The number of nitrogens with one attached hydrogen (secondary N) is 2. The SMILES string of the molecule is CCCn1ncc2c(C(=O)Nc3c[nH]c4cc(F)c(F)cc34)cccc21. The summed E-state index contributed by atoms with van der Waals surface area (Å²) in [5.74, 6) is -2.24. The Morgan fingerprint density at radius 2 is 2.04 bits per heavy atom. The molecule has 1 amide bonds. The molecule has 0 saturated heterocycles. The summed E-state index contributed by atoms with van der Waals surface area (Å²) in [6, 6.07) is 7.56. The summed E-state index contributed by atoms with van der Waals surface area (Å²) >= 11 is 0. The largest absolute Gasteiger partial charge is 0.359 e. The third-order valence-corrected chi connectivity index (χ3v) is 4.34. The number of hydrogen-bond acceptors (Lipinski definition) is 2. The zero-order chi connectivity index (χ0) is 18.3. The normalized spacial score (nSPS) is 11.3. The molecule has 5 nitrogen and oxygen atoms in total. The molecule has 132 valence electrons. The minimum Gasteiger partial charge on any atom is -0.359 e. The molecular formula is C19H16F2N4O. The number of fused-ring (bicyclic) bond motifs is 2. The number of aromatic amines is 1. The van der Waals surface area contributed by atoms with E-state index >= 15 is 0 Å². The molecule has 2 aromatic heterocycles. The smallest absolute Gasteiger partial charge is 0.256 e. The second kappa shape index (κ2) is 6.25. The van der Waals surface area contributed by atoms with Crippen LogP contribution in [0.5, 0.6) is 0 Å². The lowest BCUT2D eigenvalue weighted by Gasteiger charge is -2.06. The molecule has 0 unspecified atom stereocenters. The van der Waals surface area contributed by atoms with E-state index in [0.29, 0.717) is 22.2 Å². The van der Waals surface area contributed by atoms with Gasteiger partial charge in [-0.25, -0.2) is 8.78 Å². The average molecular weight is 354 g/mol. The van der Waals surface area contributed by atoms with Crippen LogP contribution in [0.4, 0.5) is 14.5 Å². The van der Waals surface area contributed by atoms with Crippen LogP contribution in [-0.2, 0) is 6.54 Å². The van der Waals surface area contributed by atoms with Crippen molar-refractivity contribution in [1.82, 2.24) is 14.8 Å². The summed E-state index contributed by atoms with van der Waals surface area (Å²) in [6.07, 6.45) is 4.12. The molecule has 0 fully saturated rings. The van der Waals surface area contributed by atoms with Crippen molar-refractivity contribution in [2.45, 2.75) is 19.9 Å². The quantitative estimate of drug-likeness (QED) is 0.568. The van der Waals surface area contributed by atoms with E-state index in [0.717, 1.165) is 36.0 Å². The Bertz CT molecular complexity index is 1130. The van der Waals surface area contributed by atoms with Crippen LogP contribution in [0, 0.1) is 11.6 Å². The van der Waals surface area contributed by atoms with Crippen LogP contribution in [0.2, 0.25) is 0 Å². The number of rotatable bonds is 4. The number of anilines is 1. The standard InChI is InChI=1S/C19H16F2N4O/c1-2-6-25-18-5-3-4-11(13(18)9-23-25)19(26)24-17-10-22-16-8-15(21)14(20)7-12(16)17/h3-5,7-10,22H,2,6H2,1H3,(H,24,26). The Morgan fingerprint density at radius 1 is 1.23 bits per heavy atom. The number of H-pyrrole nitrogens is 1. The molecule has 2 heterocycles. The summed E-state index contributed by atoms with van der Waals surface area (Å²) in [7, 11) is 0. The maximum Gasteiger partial charge on any atom is 0.256 e. The fraction of sp³-hybridized carbons (Fsp3) is 0.158. The minimum absolute atomic E-state index is 0.336. The van der Waals surface area contributed by atoms with E-state index in [4.69, 9.17) is 0 Å². The van der Waals surface area contributed by atoms with Crippen molar-refractivity contribution in [2.24, 2.45) is 0 Å². The molecule has 0 radical (unpaired) electrons. The highest BCUT2D eigenvalue weighted by Gasteiger charge is 2.16.